The minimum Gasteiger partial charge on any atom is -0.467 e. The van der Waals surface area contributed by atoms with Gasteiger partial charge < -0.3 is 14.6 Å². The van der Waals surface area contributed by atoms with Gasteiger partial charge in [0.25, 0.3) is 0 Å². The highest BCUT2D eigenvalue weighted by Gasteiger charge is 2.22. The molecule has 0 fully saturated rings. The molecule has 0 aliphatic rings. The van der Waals surface area contributed by atoms with Gasteiger partial charge in [0, 0.05) is 13.5 Å². The summed E-state index contributed by atoms with van der Waals surface area (Å²) in [5.41, 5.74) is 0.865. The average Bonchev–Trinajstić information content (AvgIpc) is 3.11. The van der Waals surface area contributed by atoms with Crippen LogP contribution < -0.4 is 5.32 Å². The zero-order valence-electron chi connectivity index (χ0n) is 14.1. The zero-order chi connectivity index (χ0) is 18.1. The Morgan fingerprint density at radius 2 is 2.00 bits per heavy atom. The summed E-state index contributed by atoms with van der Waals surface area (Å²) in [6, 6.07) is 14.6. The van der Waals surface area contributed by atoms with E-state index in [2.05, 4.69) is 11.4 Å². The van der Waals surface area contributed by atoms with Crippen molar-refractivity contribution < 1.29 is 14.0 Å². The summed E-state index contributed by atoms with van der Waals surface area (Å²) in [6.07, 6.45) is 1.91. The molecule has 0 aliphatic heterocycles. The van der Waals surface area contributed by atoms with E-state index in [0.717, 1.165) is 5.56 Å². The molecular formula is C19H21N3O3. The van der Waals surface area contributed by atoms with Crippen LogP contribution in [0.5, 0.6) is 0 Å². The number of carbonyl (C=O) groups is 2. The molecule has 0 aliphatic carbocycles. The average molecular weight is 339 g/mol. The lowest BCUT2D eigenvalue weighted by atomic mass is 10.0. The fraction of sp³-hybridized carbons (Fsp3) is 0.316. The number of benzene rings is 1. The Morgan fingerprint density at radius 1 is 1.24 bits per heavy atom. The monoisotopic (exact) mass is 339 g/mol. The van der Waals surface area contributed by atoms with Crippen molar-refractivity contribution >= 4 is 11.8 Å². The van der Waals surface area contributed by atoms with E-state index in [4.69, 9.17) is 9.68 Å². The molecule has 0 saturated heterocycles. The molecule has 6 heteroatoms. The maximum Gasteiger partial charge on any atom is 0.225 e. The molecule has 2 aromatic rings. The van der Waals surface area contributed by atoms with Crippen LogP contribution in [0.1, 0.15) is 37.1 Å². The van der Waals surface area contributed by atoms with Gasteiger partial charge >= 0.3 is 0 Å². The van der Waals surface area contributed by atoms with Crippen LogP contribution in [0.2, 0.25) is 0 Å². The lowest BCUT2D eigenvalue weighted by Gasteiger charge is -2.24. The molecule has 0 bridgehead atoms. The third-order valence-electron chi connectivity index (χ3n) is 3.73. The Kier molecular flexibility index (Phi) is 6.78. The van der Waals surface area contributed by atoms with Crippen molar-refractivity contribution in [3.05, 3.63) is 60.1 Å². The molecule has 1 N–H and O–H groups in total. The predicted molar refractivity (Wildman–Crippen MR) is 92.0 cm³/mol. The first-order valence-electron chi connectivity index (χ1n) is 8.09. The Bertz CT molecular complexity index is 720. The first-order valence-corrected chi connectivity index (χ1v) is 8.09. The number of furan rings is 1. The predicted octanol–water partition coefficient (Wildman–Crippen LogP) is 2.79. The van der Waals surface area contributed by atoms with Crippen LogP contribution >= 0.6 is 0 Å². The molecule has 130 valence electrons. The standard InChI is InChI=1S/C19H21N3O3/c1-15(23)21-18(16-7-3-2-4-8-16)13-19(24)22(11-6-10-20)14-17-9-5-12-25-17/h2-5,7-9,12,18H,6,11,13-14H2,1H3,(H,21,23). The molecule has 25 heavy (non-hydrogen) atoms. The summed E-state index contributed by atoms with van der Waals surface area (Å²) >= 11 is 0. The van der Waals surface area contributed by atoms with E-state index in [1.807, 2.05) is 30.3 Å². The molecule has 0 radical (unpaired) electrons. The van der Waals surface area contributed by atoms with Gasteiger partial charge in [0.1, 0.15) is 5.76 Å². The van der Waals surface area contributed by atoms with Gasteiger partial charge in [-0.25, -0.2) is 0 Å². The molecule has 1 unspecified atom stereocenters. The van der Waals surface area contributed by atoms with Crippen LogP contribution in [0.3, 0.4) is 0 Å². The van der Waals surface area contributed by atoms with Gasteiger partial charge in [0.15, 0.2) is 0 Å². The van der Waals surface area contributed by atoms with Crippen molar-refractivity contribution in [2.45, 2.75) is 32.4 Å². The Balaban J connectivity index is 2.12. The van der Waals surface area contributed by atoms with Crippen LogP contribution in [0.15, 0.2) is 53.1 Å². The maximum absolute atomic E-state index is 12.8. The molecule has 2 rings (SSSR count). The van der Waals surface area contributed by atoms with Crippen molar-refractivity contribution in [2.24, 2.45) is 0 Å². The van der Waals surface area contributed by atoms with Crippen molar-refractivity contribution in [3.8, 4) is 6.07 Å². The molecule has 6 nitrogen and oxygen atoms in total. The lowest BCUT2D eigenvalue weighted by Crippen LogP contribution is -2.36. The van der Waals surface area contributed by atoms with Crippen molar-refractivity contribution in [1.82, 2.24) is 10.2 Å². The Labute approximate surface area is 147 Å². The zero-order valence-corrected chi connectivity index (χ0v) is 14.1. The fourth-order valence-electron chi connectivity index (χ4n) is 2.55. The first kappa shape index (κ1) is 18.3. The number of hydrogen-bond acceptors (Lipinski definition) is 4. The highest BCUT2D eigenvalue weighted by atomic mass is 16.3. The topological polar surface area (TPSA) is 86.3 Å². The van der Waals surface area contributed by atoms with E-state index in [1.54, 1.807) is 23.3 Å². The summed E-state index contributed by atoms with van der Waals surface area (Å²) in [5.74, 6) is 0.313. The summed E-state index contributed by atoms with van der Waals surface area (Å²) < 4.78 is 5.30. The van der Waals surface area contributed by atoms with Crippen molar-refractivity contribution in [3.63, 3.8) is 0 Å². The minimum absolute atomic E-state index is 0.121. The lowest BCUT2D eigenvalue weighted by molar-refractivity contribution is -0.132. The number of nitriles is 1. The van der Waals surface area contributed by atoms with Crippen molar-refractivity contribution in [2.75, 3.05) is 6.54 Å². The number of rotatable bonds is 8. The van der Waals surface area contributed by atoms with Crippen molar-refractivity contribution in [1.29, 1.82) is 5.26 Å². The third kappa shape index (κ3) is 5.81. The molecule has 0 spiro atoms. The SMILES string of the molecule is CC(=O)NC(CC(=O)N(CCC#N)Cc1ccco1)c1ccccc1. The molecule has 1 atom stereocenters. The second-order valence-corrected chi connectivity index (χ2v) is 5.67. The largest absolute Gasteiger partial charge is 0.467 e. The molecule has 0 saturated carbocycles. The summed E-state index contributed by atoms with van der Waals surface area (Å²) in [7, 11) is 0. The molecule has 1 aromatic carbocycles. The van der Waals surface area contributed by atoms with Gasteiger partial charge in [-0.05, 0) is 17.7 Å². The van der Waals surface area contributed by atoms with Crippen LogP contribution in [-0.2, 0) is 16.1 Å². The smallest absolute Gasteiger partial charge is 0.225 e. The third-order valence-corrected chi connectivity index (χ3v) is 3.73. The fourth-order valence-corrected chi connectivity index (χ4v) is 2.55. The van der Waals surface area contributed by atoms with E-state index in [-0.39, 0.29) is 24.7 Å². The van der Waals surface area contributed by atoms with Gasteiger partial charge in [-0.2, -0.15) is 5.26 Å². The van der Waals surface area contributed by atoms with Crippen LogP contribution in [0.4, 0.5) is 0 Å². The van der Waals surface area contributed by atoms with Gasteiger partial charge in [0.05, 0.1) is 37.8 Å². The quantitative estimate of drug-likeness (QED) is 0.801. The number of nitrogens with zero attached hydrogens (tertiary/aromatic N) is 2. The first-order chi connectivity index (χ1) is 12.1. The Hall–Kier alpha value is -3.07. The van der Waals surface area contributed by atoms with E-state index in [1.165, 1.54) is 6.92 Å². The molecule has 2 amide bonds. The number of amides is 2. The van der Waals surface area contributed by atoms with E-state index in [0.29, 0.717) is 18.8 Å². The number of hydrogen-bond donors (Lipinski definition) is 1. The van der Waals surface area contributed by atoms with Crippen LogP contribution in [-0.4, -0.2) is 23.3 Å². The summed E-state index contributed by atoms with van der Waals surface area (Å²) in [5, 5.41) is 11.7. The highest BCUT2D eigenvalue weighted by Crippen LogP contribution is 2.19. The normalized spacial score (nSPS) is 11.4. The summed E-state index contributed by atoms with van der Waals surface area (Å²) in [4.78, 5) is 25.9. The second kappa shape index (κ2) is 9.28. The maximum atomic E-state index is 12.8. The van der Waals surface area contributed by atoms with Gasteiger partial charge in [-0.3, -0.25) is 9.59 Å². The van der Waals surface area contributed by atoms with E-state index < -0.39 is 6.04 Å². The summed E-state index contributed by atoms with van der Waals surface area (Å²) in [6.45, 7) is 2.05. The van der Waals surface area contributed by atoms with Crippen LogP contribution in [0, 0.1) is 11.3 Å². The Morgan fingerprint density at radius 3 is 2.60 bits per heavy atom. The molecule has 1 heterocycles. The van der Waals surface area contributed by atoms with Gasteiger partial charge in [-0.15, -0.1) is 0 Å². The van der Waals surface area contributed by atoms with Gasteiger partial charge in [-0.1, -0.05) is 30.3 Å². The van der Waals surface area contributed by atoms with E-state index in [9.17, 15) is 9.59 Å². The van der Waals surface area contributed by atoms with Gasteiger partial charge in [0.2, 0.25) is 11.8 Å². The number of carbonyl (C=O) groups excluding carboxylic acids is 2. The molecular weight excluding hydrogens is 318 g/mol. The number of nitrogens with one attached hydrogen (secondary N) is 1. The van der Waals surface area contributed by atoms with Crippen LogP contribution in [0.25, 0.3) is 0 Å². The second-order valence-electron chi connectivity index (χ2n) is 5.67. The minimum atomic E-state index is -0.410. The highest BCUT2D eigenvalue weighted by molar-refractivity contribution is 5.79. The van der Waals surface area contributed by atoms with E-state index >= 15 is 0 Å². The molecule has 1 aromatic heterocycles.